The number of ether oxygens (including phenoxy) is 3. The number of aromatic hydroxyl groups is 1. The van der Waals surface area contributed by atoms with Crippen LogP contribution in [-0.2, 0) is 40.7 Å². The molecule has 18 nitrogen and oxygen atoms in total. The van der Waals surface area contributed by atoms with Crippen molar-refractivity contribution in [2.24, 2.45) is 0 Å². The van der Waals surface area contributed by atoms with Crippen LogP contribution in [0.2, 0.25) is 0 Å². The lowest BCUT2D eigenvalue weighted by molar-refractivity contribution is -0.0483. The second-order valence-corrected chi connectivity index (χ2v) is 15.0. The molecular formula is C26H33N5O13P2. The zero-order valence-electron chi connectivity index (χ0n) is 24.8. The topological polar surface area (TPSA) is 268 Å². The maximum atomic E-state index is 12.7. The van der Waals surface area contributed by atoms with Crippen molar-refractivity contribution in [2.75, 3.05) is 32.0 Å². The summed E-state index contributed by atoms with van der Waals surface area (Å²) in [5, 5.41) is 31.8. The molecule has 0 bridgehead atoms. The number of nitrogens with zero attached hydrogens (tertiary/aromatic N) is 4. The van der Waals surface area contributed by atoms with Crippen LogP contribution in [-0.4, -0.2) is 95.1 Å². The number of aromatic nitrogens is 4. The fourth-order valence-corrected chi connectivity index (χ4v) is 8.46. The predicted molar refractivity (Wildman–Crippen MR) is 158 cm³/mol. The lowest BCUT2D eigenvalue weighted by Crippen LogP contribution is -2.33. The number of nitrogen functional groups attached to an aromatic ring is 1. The second-order valence-electron chi connectivity index (χ2n) is 10.8. The number of benzene rings is 1. The minimum Gasteiger partial charge on any atom is -0.507 e. The summed E-state index contributed by atoms with van der Waals surface area (Å²) in [6.07, 6.45) is -1.51. The van der Waals surface area contributed by atoms with Crippen molar-refractivity contribution in [2.45, 2.75) is 51.4 Å². The van der Waals surface area contributed by atoms with E-state index in [4.69, 9.17) is 29.0 Å². The van der Waals surface area contributed by atoms with E-state index in [2.05, 4.69) is 15.0 Å². The molecule has 2 aliphatic heterocycles. The number of hydrogen-bond acceptors (Lipinski definition) is 15. The Hall–Kier alpha value is -3.44. The lowest BCUT2D eigenvalue weighted by atomic mass is 9.95. The summed E-state index contributed by atoms with van der Waals surface area (Å²) in [6, 6.07) is 0. The highest BCUT2D eigenvalue weighted by Crippen LogP contribution is 2.58. The quantitative estimate of drug-likeness (QED) is 0.0890. The highest BCUT2D eigenvalue weighted by molar-refractivity contribution is 7.70. The number of carbonyl (C=O) groups excluding carboxylic acids is 1. The number of phenolic OH excluding ortho intramolecular Hbond substituents is 1. The predicted octanol–water partition coefficient (Wildman–Crippen LogP) is 1.27. The molecule has 20 heteroatoms. The van der Waals surface area contributed by atoms with Crippen LogP contribution in [0.15, 0.2) is 24.3 Å². The molecule has 7 N–H and O–H groups in total. The van der Waals surface area contributed by atoms with Crippen LogP contribution < -0.4 is 10.5 Å². The van der Waals surface area contributed by atoms with E-state index in [1.165, 1.54) is 24.3 Å². The van der Waals surface area contributed by atoms with E-state index in [9.17, 15) is 39.0 Å². The SMILES string of the molecule is COc1c(C)c2c(c(O)c1C/C=C(\C)COP(=O)(O)CP(=O)(O)OC[C@@H]1O[C@H](n3cnc4c(N)ncnc43)[C@@H](O)[C@H]1O)C(=O)OC2. The van der Waals surface area contributed by atoms with Gasteiger partial charge in [0.25, 0.3) is 0 Å². The molecule has 0 spiro atoms. The van der Waals surface area contributed by atoms with Crippen LogP contribution in [0.3, 0.4) is 0 Å². The van der Waals surface area contributed by atoms with Crippen molar-refractivity contribution in [1.82, 2.24) is 19.5 Å². The van der Waals surface area contributed by atoms with Gasteiger partial charge in [-0.1, -0.05) is 11.6 Å². The van der Waals surface area contributed by atoms with Crippen molar-refractivity contribution >= 4 is 38.1 Å². The van der Waals surface area contributed by atoms with Gasteiger partial charge in [-0.15, -0.1) is 0 Å². The number of rotatable bonds is 12. The molecule has 0 amide bonds. The van der Waals surface area contributed by atoms with Gasteiger partial charge in [0.05, 0.1) is 26.7 Å². The molecule has 1 aromatic carbocycles. The molecule has 0 saturated carbocycles. The number of aliphatic hydroxyl groups is 2. The minimum absolute atomic E-state index is 0.0164. The molecule has 250 valence electrons. The third-order valence-corrected chi connectivity index (χ3v) is 11.5. The summed E-state index contributed by atoms with van der Waals surface area (Å²) in [6.45, 7) is 2.17. The van der Waals surface area contributed by atoms with Gasteiger partial charge in [0, 0.05) is 11.1 Å². The van der Waals surface area contributed by atoms with Gasteiger partial charge in [-0.3, -0.25) is 13.7 Å². The van der Waals surface area contributed by atoms with E-state index in [0.717, 1.165) is 0 Å². The average Bonchev–Trinajstić information content (AvgIpc) is 3.68. The number of nitrogens with two attached hydrogens (primary N) is 1. The third-order valence-electron chi connectivity index (χ3n) is 7.59. The summed E-state index contributed by atoms with van der Waals surface area (Å²) >= 11 is 0. The smallest absolute Gasteiger partial charge is 0.342 e. The van der Waals surface area contributed by atoms with Gasteiger partial charge in [-0.2, -0.15) is 0 Å². The van der Waals surface area contributed by atoms with Crippen LogP contribution in [0.5, 0.6) is 11.5 Å². The highest BCUT2D eigenvalue weighted by atomic mass is 31.2. The molecule has 3 aromatic rings. The van der Waals surface area contributed by atoms with Crippen molar-refractivity contribution in [3.63, 3.8) is 0 Å². The lowest BCUT2D eigenvalue weighted by Gasteiger charge is -2.20. The van der Waals surface area contributed by atoms with Crippen LogP contribution >= 0.6 is 15.2 Å². The molecule has 1 fully saturated rings. The van der Waals surface area contributed by atoms with Crippen LogP contribution in [0.1, 0.15) is 40.2 Å². The Kier molecular flexibility index (Phi) is 9.57. The third kappa shape index (κ3) is 6.67. The molecule has 0 aliphatic carbocycles. The number of imidazole rings is 1. The van der Waals surface area contributed by atoms with Crippen LogP contribution in [0.25, 0.3) is 11.2 Å². The summed E-state index contributed by atoms with van der Waals surface area (Å²) < 4.78 is 52.8. The van der Waals surface area contributed by atoms with Gasteiger partial charge in [-0.25, -0.2) is 19.7 Å². The first-order valence-corrected chi connectivity index (χ1v) is 17.3. The molecule has 46 heavy (non-hydrogen) atoms. The van der Waals surface area contributed by atoms with Gasteiger partial charge in [0.1, 0.15) is 53.8 Å². The Balaban J connectivity index is 1.17. The van der Waals surface area contributed by atoms with E-state index >= 15 is 0 Å². The van der Waals surface area contributed by atoms with E-state index in [1.807, 2.05) is 0 Å². The van der Waals surface area contributed by atoms with Crippen LogP contribution in [0.4, 0.5) is 5.82 Å². The number of aliphatic hydroxyl groups excluding tert-OH is 2. The van der Waals surface area contributed by atoms with Crippen molar-refractivity contribution in [3.8, 4) is 11.5 Å². The Morgan fingerprint density at radius 2 is 1.89 bits per heavy atom. The van der Waals surface area contributed by atoms with E-state index in [1.54, 1.807) is 19.9 Å². The summed E-state index contributed by atoms with van der Waals surface area (Å²) in [5.41, 5.74) is 8.18. The first-order valence-electron chi connectivity index (χ1n) is 13.8. The van der Waals surface area contributed by atoms with Crippen molar-refractivity contribution in [1.29, 1.82) is 0 Å². The molecule has 2 aliphatic rings. The van der Waals surface area contributed by atoms with Crippen molar-refractivity contribution in [3.05, 3.63) is 46.6 Å². The monoisotopic (exact) mass is 685 g/mol. The number of cyclic esters (lactones) is 1. The highest BCUT2D eigenvalue weighted by Gasteiger charge is 2.46. The average molecular weight is 686 g/mol. The van der Waals surface area contributed by atoms with Crippen LogP contribution in [0, 0.1) is 6.92 Å². The number of anilines is 1. The first-order chi connectivity index (χ1) is 21.6. The summed E-state index contributed by atoms with van der Waals surface area (Å²) in [4.78, 5) is 44.6. The summed E-state index contributed by atoms with van der Waals surface area (Å²) in [5.74, 6) is -1.77. The Bertz CT molecular complexity index is 1800. The molecule has 4 heterocycles. The maximum absolute atomic E-state index is 12.7. The zero-order chi connectivity index (χ0) is 33.6. The summed E-state index contributed by atoms with van der Waals surface area (Å²) in [7, 11) is -8.05. The molecule has 2 aromatic heterocycles. The number of allylic oxidation sites excluding steroid dienone is 1. The maximum Gasteiger partial charge on any atom is 0.342 e. The van der Waals surface area contributed by atoms with Gasteiger partial charge in [-0.05, 0) is 25.8 Å². The Morgan fingerprint density at radius 1 is 1.17 bits per heavy atom. The zero-order valence-corrected chi connectivity index (χ0v) is 26.6. The van der Waals surface area contributed by atoms with Gasteiger partial charge in [0.2, 0.25) is 0 Å². The number of methoxy groups -OCH3 is 1. The van der Waals surface area contributed by atoms with E-state index in [0.29, 0.717) is 28.0 Å². The molecule has 1 saturated heterocycles. The molecule has 2 unspecified atom stereocenters. The number of carbonyl (C=O) groups is 1. The fraction of sp³-hybridized carbons (Fsp3) is 0.462. The van der Waals surface area contributed by atoms with Gasteiger partial charge < -0.3 is 54.1 Å². The largest absolute Gasteiger partial charge is 0.507 e. The second kappa shape index (κ2) is 13.0. The molecule has 5 rings (SSSR count). The normalized spacial score (nSPS) is 24.1. The molecular weight excluding hydrogens is 652 g/mol. The Labute approximate surface area is 261 Å². The number of esters is 1. The molecule has 0 radical (unpaired) electrons. The number of phenols is 1. The van der Waals surface area contributed by atoms with E-state index < -0.39 is 64.8 Å². The fourth-order valence-electron chi connectivity index (χ4n) is 5.22. The standard InChI is InChI=1S/C26H33N5O13P2/c1-12(4-5-14-19(32)17-15(7-41-26(17)35)13(2)22(14)40-3)6-42-45(36,37)11-46(38,39)43-8-16-20(33)21(34)25(44-16)31-10-30-18-23(27)28-9-29-24(18)31/h4,9-10,16,20-21,25,32-34H,5-8,11H2,1-3H3,(H,36,37)(H,38,39)(H2,27,28,29)/b12-4+/t16-,20-,21-,25-/m0/s1. The number of hydrogen-bond donors (Lipinski definition) is 6. The van der Waals surface area contributed by atoms with Gasteiger partial charge >= 0.3 is 21.2 Å². The number of fused-ring (bicyclic) bond motifs is 2. The van der Waals surface area contributed by atoms with Crippen molar-refractivity contribution < 1.29 is 62.3 Å². The first kappa shape index (κ1) is 33.9. The van der Waals surface area contributed by atoms with Gasteiger partial charge in [0.15, 0.2) is 23.6 Å². The van der Waals surface area contributed by atoms with E-state index in [-0.39, 0.29) is 41.3 Å². The Morgan fingerprint density at radius 3 is 2.61 bits per heavy atom. The molecule has 6 atom stereocenters. The minimum atomic E-state index is -4.78.